The molecule has 30 heavy (non-hydrogen) atoms. The van der Waals surface area contributed by atoms with E-state index in [9.17, 15) is 31.1 Å². The summed E-state index contributed by atoms with van der Waals surface area (Å²) in [6.45, 7) is 8.11. The van der Waals surface area contributed by atoms with Gasteiger partial charge in [-0.25, -0.2) is 0 Å². The predicted molar refractivity (Wildman–Crippen MR) is 113 cm³/mol. The molecule has 1 aromatic rings. The molecular formula is C20H33NO7S2. The zero-order chi connectivity index (χ0) is 23.0. The Bertz CT molecular complexity index is 893. The van der Waals surface area contributed by atoms with Crippen molar-refractivity contribution >= 4 is 20.2 Å². The topological polar surface area (TPSA) is 132 Å². The van der Waals surface area contributed by atoms with E-state index in [0.717, 1.165) is 31.7 Å². The Balaban J connectivity index is 2.52. The van der Waals surface area contributed by atoms with Gasteiger partial charge >= 0.3 is 0 Å². The first kappa shape index (κ1) is 25.2. The number of rotatable bonds is 8. The molecule has 10 heteroatoms. The predicted octanol–water partition coefficient (Wildman–Crippen LogP) is 3.94. The molecule has 0 amide bonds. The molecule has 0 radical (unpaired) electrons. The Morgan fingerprint density at radius 1 is 0.833 bits per heavy atom. The van der Waals surface area contributed by atoms with Crippen LogP contribution in [0.2, 0.25) is 0 Å². The molecule has 0 unspecified atom stereocenters. The zero-order valence-electron chi connectivity index (χ0n) is 18.0. The van der Waals surface area contributed by atoms with Crippen molar-refractivity contribution in [1.29, 1.82) is 0 Å². The molecule has 0 aliphatic carbocycles. The van der Waals surface area contributed by atoms with Gasteiger partial charge in [0.05, 0.1) is 9.79 Å². The Morgan fingerprint density at radius 2 is 1.20 bits per heavy atom. The van der Waals surface area contributed by atoms with E-state index in [1.165, 1.54) is 17.2 Å². The molecule has 1 aromatic carbocycles. The molecule has 1 heterocycles. The van der Waals surface area contributed by atoms with Crippen molar-refractivity contribution in [2.45, 2.75) is 93.5 Å². The van der Waals surface area contributed by atoms with Gasteiger partial charge in [-0.2, -0.15) is 21.9 Å². The van der Waals surface area contributed by atoms with E-state index in [1.54, 1.807) is 0 Å². The van der Waals surface area contributed by atoms with Crippen LogP contribution >= 0.6 is 0 Å². The molecule has 0 bridgehead atoms. The van der Waals surface area contributed by atoms with Gasteiger partial charge in [-0.1, -0.05) is 27.7 Å². The van der Waals surface area contributed by atoms with Crippen LogP contribution in [0.3, 0.4) is 0 Å². The normalized spacial score (nSPS) is 20.4. The van der Waals surface area contributed by atoms with Crippen molar-refractivity contribution in [3.05, 3.63) is 23.8 Å². The summed E-state index contributed by atoms with van der Waals surface area (Å²) in [5.41, 5.74) is -0.459. The standard InChI is InChI=1S/C20H33NO7S2/c1-5-19(6-2)13-16(14-20(7-3,8-4)21(19)22)9-15-10-17(29(23,24)25)12-18(11-15)30(26,27)28/h10-12,16,22H,5-9,13-14H2,1-4H3,(H,23,24,25)(H,26,27,28). The molecular weight excluding hydrogens is 430 g/mol. The Hall–Kier alpha value is -1.04. The first-order valence-electron chi connectivity index (χ1n) is 10.3. The summed E-state index contributed by atoms with van der Waals surface area (Å²) in [5.74, 6) is 0.0547. The molecule has 1 aliphatic rings. The number of hydrogen-bond donors (Lipinski definition) is 3. The number of nitrogens with zero attached hydrogens (tertiary/aromatic N) is 1. The van der Waals surface area contributed by atoms with Crippen LogP contribution in [0.5, 0.6) is 0 Å². The first-order valence-corrected chi connectivity index (χ1v) is 13.2. The van der Waals surface area contributed by atoms with Gasteiger partial charge in [0.25, 0.3) is 20.2 Å². The van der Waals surface area contributed by atoms with Gasteiger partial charge in [0.1, 0.15) is 0 Å². The third-order valence-electron chi connectivity index (χ3n) is 6.93. The third-order valence-corrected chi connectivity index (χ3v) is 8.59. The minimum atomic E-state index is -4.65. The van der Waals surface area contributed by atoms with Crippen molar-refractivity contribution in [3.63, 3.8) is 0 Å². The van der Waals surface area contributed by atoms with Crippen LogP contribution in [-0.4, -0.2) is 47.3 Å². The summed E-state index contributed by atoms with van der Waals surface area (Å²) >= 11 is 0. The molecule has 8 nitrogen and oxygen atoms in total. The Morgan fingerprint density at radius 3 is 1.50 bits per heavy atom. The maximum Gasteiger partial charge on any atom is 0.294 e. The highest BCUT2D eigenvalue weighted by atomic mass is 32.2. The van der Waals surface area contributed by atoms with Gasteiger partial charge in [0.15, 0.2) is 0 Å². The largest absolute Gasteiger partial charge is 0.313 e. The highest BCUT2D eigenvalue weighted by Crippen LogP contribution is 2.48. The molecule has 0 atom stereocenters. The fourth-order valence-corrected chi connectivity index (χ4v) is 6.25. The van der Waals surface area contributed by atoms with Crippen LogP contribution < -0.4 is 0 Å². The highest BCUT2D eigenvalue weighted by molar-refractivity contribution is 7.86. The lowest BCUT2D eigenvalue weighted by atomic mass is 9.67. The van der Waals surface area contributed by atoms with Crippen molar-refractivity contribution in [1.82, 2.24) is 5.06 Å². The van der Waals surface area contributed by atoms with Crippen LogP contribution in [0.1, 0.15) is 71.8 Å². The quantitative estimate of drug-likeness (QED) is 0.494. The van der Waals surface area contributed by atoms with E-state index < -0.39 is 41.1 Å². The highest BCUT2D eigenvalue weighted by Gasteiger charge is 2.51. The smallest absolute Gasteiger partial charge is 0.294 e. The van der Waals surface area contributed by atoms with Gasteiger partial charge in [-0.3, -0.25) is 9.11 Å². The molecule has 172 valence electrons. The second kappa shape index (κ2) is 8.84. The van der Waals surface area contributed by atoms with E-state index in [4.69, 9.17) is 0 Å². The summed E-state index contributed by atoms with van der Waals surface area (Å²) in [7, 11) is -9.29. The summed E-state index contributed by atoms with van der Waals surface area (Å²) in [6, 6.07) is 3.23. The molecule has 1 saturated heterocycles. The Labute approximate surface area is 179 Å². The van der Waals surface area contributed by atoms with E-state index in [2.05, 4.69) is 0 Å². The summed E-state index contributed by atoms with van der Waals surface area (Å²) < 4.78 is 65.4. The lowest BCUT2D eigenvalue weighted by Crippen LogP contribution is -2.63. The summed E-state index contributed by atoms with van der Waals surface area (Å²) in [6.07, 6.45) is 4.63. The van der Waals surface area contributed by atoms with Gasteiger partial charge in [0.2, 0.25) is 0 Å². The van der Waals surface area contributed by atoms with Crippen molar-refractivity contribution in [2.24, 2.45) is 5.92 Å². The number of hydrogen-bond acceptors (Lipinski definition) is 6. The maximum atomic E-state index is 11.6. The average Bonchev–Trinajstić information content (AvgIpc) is 2.68. The zero-order valence-corrected chi connectivity index (χ0v) is 19.6. The lowest BCUT2D eigenvalue weighted by molar-refractivity contribution is -0.275. The van der Waals surface area contributed by atoms with Gasteiger partial charge < -0.3 is 5.21 Å². The molecule has 3 N–H and O–H groups in total. The monoisotopic (exact) mass is 463 g/mol. The fourth-order valence-electron chi connectivity index (χ4n) is 5.02. The maximum absolute atomic E-state index is 11.6. The summed E-state index contributed by atoms with van der Waals surface area (Å²) in [5, 5.41) is 12.7. The SMILES string of the molecule is CCC1(CC)CC(Cc2cc(S(=O)(=O)O)cc(S(=O)(=O)O)c2)CC(CC)(CC)N1O. The van der Waals surface area contributed by atoms with Gasteiger partial charge in [0, 0.05) is 11.1 Å². The van der Waals surface area contributed by atoms with Crippen LogP contribution in [0.25, 0.3) is 0 Å². The molecule has 0 spiro atoms. The second-order valence-electron chi connectivity index (χ2n) is 8.42. The number of benzene rings is 1. The van der Waals surface area contributed by atoms with E-state index >= 15 is 0 Å². The fraction of sp³-hybridized carbons (Fsp3) is 0.700. The van der Waals surface area contributed by atoms with Gasteiger partial charge in [-0.15, -0.1) is 0 Å². The third kappa shape index (κ3) is 4.89. The van der Waals surface area contributed by atoms with Crippen molar-refractivity contribution in [2.75, 3.05) is 0 Å². The van der Waals surface area contributed by atoms with Crippen LogP contribution in [-0.2, 0) is 26.7 Å². The van der Waals surface area contributed by atoms with Crippen LogP contribution in [0.15, 0.2) is 28.0 Å². The number of hydroxylamine groups is 2. The minimum absolute atomic E-state index is 0.0547. The Kier molecular flexibility index (Phi) is 7.43. The molecule has 0 saturated carbocycles. The average molecular weight is 464 g/mol. The lowest BCUT2D eigenvalue weighted by Gasteiger charge is -2.56. The van der Waals surface area contributed by atoms with Crippen molar-refractivity contribution in [3.8, 4) is 0 Å². The van der Waals surface area contributed by atoms with Gasteiger partial charge in [-0.05, 0) is 74.6 Å². The van der Waals surface area contributed by atoms with Crippen molar-refractivity contribution < 1.29 is 31.1 Å². The van der Waals surface area contributed by atoms with Crippen LogP contribution in [0.4, 0.5) is 0 Å². The second-order valence-corrected chi connectivity index (χ2v) is 11.3. The number of piperidine rings is 1. The molecule has 2 rings (SSSR count). The van der Waals surface area contributed by atoms with E-state index in [0.29, 0.717) is 24.8 Å². The molecule has 1 fully saturated rings. The van der Waals surface area contributed by atoms with E-state index in [1.807, 2.05) is 27.7 Å². The first-order chi connectivity index (χ1) is 13.8. The van der Waals surface area contributed by atoms with E-state index in [-0.39, 0.29) is 5.92 Å². The minimum Gasteiger partial charge on any atom is -0.313 e. The van der Waals surface area contributed by atoms with Crippen LogP contribution in [0, 0.1) is 5.92 Å². The molecule has 0 aromatic heterocycles. The molecule has 1 aliphatic heterocycles. The summed E-state index contributed by atoms with van der Waals surface area (Å²) in [4.78, 5) is -1.14.